The molecule has 0 aromatic carbocycles. The van der Waals surface area contributed by atoms with Crippen molar-refractivity contribution in [2.75, 3.05) is 31.2 Å². The summed E-state index contributed by atoms with van der Waals surface area (Å²) in [5, 5.41) is 3.77. The van der Waals surface area contributed by atoms with E-state index >= 15 is 0 Å². The third kappa shape index (κ3) is 3.29. The first-order valence-electron chi connectivity index (χ1n) is 9.88. The molecule has 0 bridgehead atoms. The van der Waals surface area contributed by atoms with Gasteiger partial charge in [-0.25, -0.2) is 4.98 Å². The topological polar surface area (TPSA) is 46.6 Å². The van der Waals surface area contributed by atoms with Gasteiger partial charge in [0.2, 0.25) is 0 Å². The summed E-state index contributed by atoms with van der Waals surface area (Å²) >= 11 is 0. The molecular formula is C20H31N3O2. The van der Waals surface area contributed by atoms with Gasteiger partial charge in [0.05, 0.1) is 18.8 Å². The molecule has 0 radical (unpaired) electrons. The monoisotopic (exact) mass is 345 g/mol. The molecule has 138 valence electrons. The number of morpholine rings is 1. The molecule has 0 amide bonds. The van der Waals surface area contributed by atoms with Crippen LogP contribution in [0.3, 0.4) is 0 Å². The second kappa shape index (κ2) is 7.22. The number of rotatable bonds is 6. The highest BCUT2D eigenvalue weighted by atomic mass is 16.5. The van der Waals surface area contributed by atoms with Crippen molar-refractivity contribution in [2.45, 2.75) is 64.3 Å². The maximum atomic E-state index is 5.94. The van der Waals surface area contributed by atoms with Crippen molar-refractivity contribution >= 4 is 5.82 Å². The van der Waals surface area contributed by atoms with Crippen LogP contribution in [0, 0.1) is 5.41 Å². The predicted octanol–water partition coefficient (Wildman–Crippen LogP) is 2.74. The fraction of sp³-hybridized carbons (Fsp3) is 0.750. The van der Waals surface area contributed by atoms with Gasteiger partial charge in [-0.2, -0.15) is 0 Å². The molecule has 1 saturated heterocycles. The largest absolute Gasteiger partial charge is 0.378 e. The van der Waals surface area contributed by atoms with Crippen molar-refractivity contribution < 1.29 is 9.47 Å². The SMILES string of the molecule is CCOC1CC(NCc2ccc(N3CCOC(C)C3)nc2)C12CCC2. The van der Waals surface area contributed by atoms with E-state index in [4.69, 9.17) is 9.47 Å². The normalized spacial score (nSPS) is 30.8. The van der Waals surface area contributed by atoms with Crippen molar-refractivity contribution in [3.8, 4) is 0 Å². The van der Waals surface area contributed by atoms with Crippen LogP contribution in [0.25, 0.3) is 0 Å². The maximum Gasteiger partial charge on any atom is 0.128 e. The van der Waals surface area contributed by atoms with Crippen LogP contribution in [0.15, 0.2) is 18.3 Å². The summed E-state index contributed by atoms with van der Waals surface area (Å²) < 4.78 is 11.6. The molecule has 2 saturated carbocycles. The zero-order chi connectivity index (χ0) is 17.3. The Balaban J connectivity index is 1.30. The first-order chi connectivity index (χ1) is 12.2. The van der Waals surface area contributed by atoms with Crippen molar-refractivity contribution in [3.63, 3.8) is 0 Å². The fourth-order valence-electron chi connectivity index (χ4n) is 4.70. The van der Waals surface area contributed by atoms with Gasteiger partial charge >= 0.3 is 0 Å². The van der Waals surface area contributed by atoms with E-state index in [1.54, 1.807) is 0 Å². The molecule has 1 aromatic heterocycles. The van der Waals surface area contributed by atoms with E-state index in [-0.39, 0.29) is 6.10 Å². The minimum atomic E-state index is 0.285. The molecule has 3 aliphatic rings. The maximum absolute atomic E-state index is 5.94. The summed E-state index contributed by atoms with van der Waals surface area (Å²) in [6.45, 7) is 8.61. The molecule has 4 rings (SSSR count). The second-order valence-electron chi connectivity index (χ2n) is 7.85. The van der Waals surface area contributed by atoms with Crippen LogP contribution < -0.4 is 10.2 Å². The Labute approximate surface area is 151 Å². The number of anilines is 1. The van der Waals surface area contributed by atoms with E-state index in [0.717, 1.165) is 45.1 Å². The molecular weight excluding hydrogens is 314 g/mol. The lowest BCUT2D eigenvalue weighted by Crippen LogP contribution is -2.66. The highest BCUT2D eigenvalue weighted by Gasteiger charge is 2.58. The minimum Gasteiger partial charge on any atom is -0.378 e. The molecule has 1 spiro atoms. The number of hydrogen-bond acceptors (Lipinski definition) is 5. The summed E-state index contributed by atoms with van der Waals surface area (Å²) in [4.78, 5) is 6.99. The third-order valence-corrected chi connectivity index (χ3v) is 6.36. The Morgan fingerprint density at radius 2 is 2.28 bits per heavy atom. The third-order valence-electron chi connectivity index (χ3n) is 6.36. The number of nitrogens with zero attached hydrogens (tertiary/aromatic N) is 2. The first-order valence-corrected chi connectivity index (χ1v) is 9.88. The summed E-state index contributed by atoms with van der Waals surface area (Å²) in [7, 11) is 0. The number of pyridine rings is 1. The average Bonchev–Trinajstić information content (AvgIpc) is 2.56. The van der Waals surface area contributed by atoms with Crippen molar-refractivity contribution in [2.24, 2.45) is 5.41 Å². The molecule has 2 heterocycles. The van der Waals surface area contributed by atoms with Gasteiger partial charge in [0.1, 0.15) is 5.82 Å². The lowest BCUT2D eigenvalue weighted by molar-refractivity contribution is -0.173. The van der Waals surface area contributed by atoms with Gasteiger partial charge in [-0.05, 0) is 44.7 Å². The average molecular weight is 345 g/mol. The smallest absolute Gasteiger partial charge is 0.128 e. The van der Waals surface area contributed by atoms with Gasteiger partial charge < -0.3 is 19.7 Å². The second-order valence-corrected chi connectivity index (χ2v) is 7.85. The van der Waals surface area contributed by atoms with E-state index in [1.807, 2.05) is 6.20 Å². The molecule has 3 fully saturated rings. The van der Waals surface area contributed by atoms with Gasteiger partial charge in [-0.1, -0.05) is 12.5 Å². The highest BCUT2D eigenvalue weighted by Crippen LogP contribution is 2.57. The molecule has 5 heteroatoms. The summed E-state index contributed by atoms with van der Waals surface area (Å²) in [6, 6.07) is 4.97. The van der Waals surface area contributed by atoms with Gasteiger partial charge in [0, 0.05) is 43.9 Å². The number of hydrogen-bond donors (Lipinski definition) is 1. The van der Waals surface area contributed by atoms with Crippen LogP contribution >= 0.6 is 0 Å². The molecule has 1 aromatic rings. The van der Waals surface area contributed by atoms with Crippen molar-refractivity contribution in [3.05, 3.63) is 23.9 Å². The fourth-order valence-corrected chi connectivity index (χ4v) is 4.70. The quantitative estimate of drug-likeness (QED) is 0.859. The van der Waals surface area contributed by atoms with Gasteiger partial charge in [-0.15, -0.1) is 0 Å². The Hall–Kier alpha value is -1.17. The zero-order valence-corrected chi connectivity index (χ0v) is 15.5. The van der Waals surface area contributed by atoms with Crippen LogP contribution in [0.5, 0.6) is 0 Å². The molecule has 3 atom stereocenters. The Kier molecular flexibility index (Phi) is 4.98. The van der Waals surface area contributed by atoms with Crippen LogP contribution in [0.2, 0.25) is 0 Å². The number of aromatic nitrogens is 1. The van der Waals surface area contributed by atoms with Crippen LogP contribution in [0.4, 0.5) is 5.82 Å². The lowest BCUT2D eigenvalue weighted by Gasteiger charge is -2.61. The van der Waals surface area contributed by atoms with E-state index in [0.29, 0.717) is 17.6 Å². The molecule has 3 unspecified atom stereocenters. The zero-order valence-electron chi connectivity index (χ0n) is 15.5. The van der Waals surface area contributed by atoms with Crippen molar-refractivity contribution in [1.29, 1.82) is 0 Å². The van der Waals surface area contributed by atoms with Crippen LogP contribution in [0.1, 0.15) is 45.1 Å². The van der Waals surface area contributed by atoms with Gasteiger partial charge in [0.25, 0.3) is 0 Å². The minimum absolute atomic E-state index is 0.285. The van der Waals surface area contributed by atoms with Crippen LogP contribution in [-0.4, -0.2) is 49.5 Å². The van der Waals surface area contributed by atoms with E-state index in [9.17, 15) is 0 Å². The summed E-state index contributed by atoms with van der Waals surface area (Å²) in [5.41, 5.74) is 1.69. The first kappa shape index (κ1) is 17.3. The lowest BCUT2D eigenvalue weighted by atomic mass is 9.51. The molecule has 1 N–H and O–H groups in total. The molecule has 2 aliphatic carbocycles. The van der Waals surface area contributed by atoms with E-state index < -0.39 is 0 Å². The predicted molar refractivity (Wildman–Crippen MR) is 98.8 cm³/mol. The van der Waals surface area contributed by atoms with E-state index in [2.05, 4.69) is 41.2 Å². The molecule has 25 heavy (non-hydrogen) atoms. The molecule has 5 nitrogen and oxygen atoms in total. The Bertz CT molecular complexity index is 573. The summed E-state index contributed by atoms with van der Waals surface area (Å²) in [6.07, 6.45) is 7.94. The van der Waals surface area contributed by atoms with E-state index in [1.165, 1.54) is 24.8 Å². The standard InChI is InChI=1S/C20H31N3O2/c1-3-24-18-11-17(20(18)7-4-8-20)21-12-16-5-6-19(22-13-16)23-9-10-25-15(2)14-23/h5-6,13,15,17-18,21H,3-4,7-12,14H2,1-2H3. The van der Waals surface area contributed by atoms with Gasteiger partial charge in [-0.3, -0.25) is 0 Å². The van der Waals surface area contributed by atoms with Crippen LogP contribution in [-0.2, 0) is 16.0 Å². The Morgan fingerprint density at radius 3 is 2.92 bits per heavy atom. The van der Waals surface area contributed by atoms with Crippen molar-refractivity contribution in [1.82, 2.24) is 10.3 Å². The number of nitrogens with one attached hydrogen (secondary N) is 1. The van der Waals surface area contributed by atoms with Gasteiger partial charge in [0.15, 0.2) is 0 Å². The number of ether oxygens (including phenoxy) is 2. The highest BCUT2D eigenvalue weighted by molar-refractivity contribution is 5.40. The molecule has 1 aliphatic heterocycles. The Morgan fingerprint density at radius 1 is 1.40 bits per heavy atom. The summed E-state index contributed by atoms with van der Waals surface area (Å²) in [5.74, 6) is 1.06.